The van der Waals surface area contributed by atoms with Gasteiger partial charge in [-0.2, -0.15) is 0 Å². The van der Waals surface area contributed by atoms with Gasteiger partial charge in [0.15, 0.2) is 0 Å². The number of carbonyl (C=O) groups excluding carboxylic acids is 1. The van der Waals surface area contributed by atoms with E-state index in [0.717, 1.165) is 19.1 Å². The van der Waals surface area contributed by atoms with Crippen molar-refractivity contribution < 1.29 is 4.79 Å². The van der Waals surface area contributed by atoms with Crippen molar-refractivity contribution in [3.8, 4) is 0 Å². The quantitative estimate of drug-likeness (QED) is 0.582. The van der Waals surface area contributed by atoms with Gasteiger partial charge in [0.2, 0.25) is 0 Å². The zero-order valence-corrected chi connectivity index (χ0v) is 7.34. The smallest absolute Gasteiger partial charge is 0.124 e. The summed E-state index contributed by atoms with van der Waals surface area (Å²) in [7, 11) is 0. The summed E-state index contributed by atoms with van der Waals surface area (Å²) in [6.07, 6.45) is 10.4. The minimum Gasteiger partial charge on any atom is -0.303 e. The Morgan fingerprint density at radius 2 is 2.31 bits per heavy atom. The molecule has 0 saturated carbocycles. The molecule has 0 saturated heterocycles. The van der Waals surface area contributed by atoms with Crippen LogP contribution in [-0.4, -0.2) is 6.29 Å². The Kier molecular flexibility index (Phi) is 1.26. The Morgan fingerprint density at radius 3 is 3.15 bits per heavy atom. The van der Waals surface area contributed by atoms with Crippen molar-refractivity contribution in [2.24, 2.45) is 0 Å². The molecule has 0 fully saturated rings. The van der Waals surface area contributed by atoms with E-state index in [-0.39, 0.29) is 0 Å². The van der Waals surface area contributed by atoms with Crippen LogP contribution in [0.25, 0.3) is 0 Å². The van der Waals surface area contributed by atoms with E-state index in [1.165, 1.54) is 27.9 Å². The van der Waals surface area contributed by atoms with Gasteiger partial charge in [0, 0.05) is 6.42 Å². The third kappa shape index (κ3) is 0.791. The van der Waals surface area contributed by atoms with Crippen LogP contribution in [0.1, 0.15) is 19.3 Å². The van der Waals surface area contributed by atoms with Crippen molar-refractivity contribution in [3.05, 3.63) is 46.1 Å². The van der Waals surface area contributed by atoms with Crippen LogP contribution in [0, 0.1) is 0 Å². The van der Waals surface area contributed by atoms with Crippen LogP contribution in [0.4, 0.5) is 0 Å². The van der Waals surface area contributed by atoms with Crippen molar-refractivity contribution in [1.29, 1.82) is 0 Å². The van der Waals surface area contributed by atoms with Gasteiger partial charge in [-0.1, -0.05) is 18.2 Å². The van der Waals surface area contributed by atoms with Crippen LogP contribution in [0.15, 0.2) is 46.1 Å². The standard InChI is InChI=1S/C12H10O/c13-5-4-8-6-9-7-12(8)11-3-1-2-10(9)11/h1,3,5-6H,2,4,7H2. The van der Waals surface area contributed by atoms with Gasteiger partial charge < -0.3 is 4.79 Å². The number of hydrogen-bond acceptors (Lipinski definition) is 1. The van der Waals surface area contributed by atoms with E-state index in [1.807, 2.05) is 0 Å². The van der Waals surface area contributed by atoms with Crippen LogP contribution >= 0.6 is 0 Å². The molecule has 0 spiro atoms. The maximum Gasteiger partial charge on any atom is 0.124 e. The van der Waals surface area contributed by atoms with Gasteiger partial charge in [0.05, 0.1) is 0 Å². The predicted octanol–water partition coefficient (Wildman–Crippen LogP) is 2.47. The Labute approximate surface area is 77.1 Å². The van der Waals surface area contributed by atoms with Gasteiger partial charge >= 0.3 is 0 Å². The van der Waals surface area contributed by atoms with Gasteiger partial charge in [-0.15, -0.1) is 0 Å². The van der Waals surface area contributed by atoms with Gasteiger partial charge in [-0.3, -0.25) is 0 Å². The second kappa shape index (κ2) is 2.32. The molecule has 0 heterocycles. The fourth-order valence-corrected chi connectivity index (χ4v) is 2.48. The van der Waals surface area contributed by atoms with Crippen molar-refractivity contribution >= 4 is 6.29 Å². The van der Waals surface area contributed by atoms with E-state index in [4.69, 9.17) is 0 Å². The summed E-state index contributed by atoms with van der Waals surface area (Å²) in [5.41, 5.74) is 7.02. The lowest BCUT2D eigenvalue weighted by molar-refractivity contribution is -0.107. The first-order valence-corrected chi connectivity index (χ1v) is 4.67. The van der Waals surface area contributed by atoms with E-state index >= 15 is 0 Å². The van der Waals surface area contributed by atoms with E-state index in [2.05, 4.69) is 18.2 Å². The Morgan fingerprint density at radius 1 is 1.38 bits per heavy atom. The van der Waals surface area contributed by atoms with Crippen LogP contribution in [0.2, 0.25) is 0 Å². The third-order valence-electron chi connectivity index (χ3n) is 3.05. The number of rotatable bonds is 2. The number of hydrogen-bond donors (Lipinski definition) is 0. The van der Waals surface area contributed by atoms with Crippen LogP contribution in [0.5, 0.6) is 0 Å². The maximum atomic E-state index is 10.4. The highest BCUT2D eigenvalue weighted by molar-refractivity contribution is 5.73. The average Bonchev–Trinajstić information content (AvgIpc) is 2.72. The monoisotopic (exact) mass is 170 g/mol. The predicted molar refractivity (Wildman–Crippen MR) is 51.2 cm³/mol. The zero-order valence-electron chi connectivity index (χ0n) is 7.34. The lowest BCUT2D eigenvalue weighted by Gasteiger charge is -2.06. The molecule has 3 aliphatic carbocycles. The van der Waals surface area contributed by atoms with E-state index in [1.54, 1.807) is 0 Å². The number of carbonyl (C=O) groups is 1. The molecule has 2 bridgehead atoms. The van der Waals surface area contributed by atoms with E-state index < -0.39 is 0 Å². The Balaban J connectivity index is 2.12. The highest BCUT2D eigenvalue weighted by atomic mass is 16.1. The molecule has 0 aromatic heterocycles. The summed E-state index contributed by atoms with van der Waals surface area (Å²) >= 11 is 0. The number of fused-ring (bicyclic) bond motifs is 3. The lowest BCUT2D eigenvalue weighted by Crippen LogP contribution is -1.90. The third-order valence-corrected chi connectivity index (χ3v) is 3.05. The number of aldehydes is 1. The molecule has 0 radical (unpaired) electrons. The summed E-state index contributed by atoms with van der Waals surface area (Å²) in [5, 5.41) is 0. The van der Waals surface area contributed by atoms with Crippen molar-refractivity contribution in [2.75, 3.05) is 0 Å². The highest BCUT2D eigenvalue weighted by Gasteiger charge is 2.30. The van der Waals surface area contributed by atoms with Crippen molar-refractivity contribution in [3.63, 3.8) is 0 Å². The van der Waals surface area contributed by atoms with Crippen molar-refractivity contribution in [1.82, 2.24) is 0 Å². The van der Waals surface area contributed by atoms with Crippen LogP contribution < -0.4 is 0 Å². The van der Waals surface area contributed by atoms with E-state index in [9.17, 15) is 4.79 Å². The molecular weight excluding hydrogens is 160 g/mol. The second-order valence-corrected chi connectivity index (χ2v) is 3.72. The van der Waals surface area contributed by atoms with Gasteiger partial charge in [-0.05, 0) is 40.7 Å². The molecule has 0 atom stereocenters. The van der Waals surface area contributed by atoms with Crippen LogP contribution in [-0.2, 0) is 4.79 Å². The fourth-order valence-electron chi connectivity index (χ4n) is 2.48. The van der Waals surface area contributed by atoms with Gasteiger partial charge in [-0.25, -0.2) is 0 Å². The molecule has 0 aliphatic heterocycles. The Hall–Kier alpha value is -1.37. The first kappa shape index (κ1) is 7.07. The normalized spacial score (nSPS) is 22.9. The minimum atomic E-state index is 0.587. The highest BCUT2D eigenvalue weighted by Crippen LogP contribution is 2.48. The van der Waals surface area contributed by atoms with Gasteiger partial charge in [0.1, 0.15) is 6.29 Å². The summed E-state index contributed by atoms with van der Waals surface area (Å²) in [6.45, 7) is 0. The average molecular weight is 170 g/mol. The van der Waals surface area contributed by atoms with Gasteiger partial charge in [0.25, 0.3) is 0 Å². The fraction of sp³-hybridized carbons (Fsp3) is 0.250. The minimum absolute atomic E-state index is 0.587. The topological polar surface area (TPSA) is 17.1 Å². The molecule has 3 aliphatic rings. The summed E-state index contributed by atoms with van der Waals surface area (Å²) in [6, 6.07) is 0. The molecule has 0 N–H and O–H groups in total. The molecule has 1 nitrogen and oxygen atoms in total. The molecule has 1 heteroatoms. The second-order valence-electron chi connectivity index (χ2n) is 3.72. The SMILES string of the molecule is O=CCC1=CC2=C3CC=CC3=C1C2. The largest absolute Gasteiger partial charge is 0.303 e. The zero-order chi connectivity index (χ0) is 8.84. The molecule has 3 rings (SSSR count). The molecule has 0 amide bonds. The summed E-state index contributed by atoms with van der Waals surface area (Å²) < 4.78 is 0. The lowest BCUT2D eigenvalue weighted by atomic mass is 9.98. The molecular formula is C12H10O. The van der Waals surface area contributed by atoms with Crippen molar-refractivity contribution in [2.45, 2.75) is 19.3 Å². The van der Waals surface area contributed by atoms with E-state index in [0.29, 0.717) is 6.42 Å². The molecule has 64 valence electrons. The molecule has 0 aromatic rings. The first-order valence-electron chi connectivity index (χ1n) is 4.67. The molecule has 0 aromatic carbocycles. The van der Waals surface area contributed by atoms with Crippen LogP contribution in [0.3, 0.4) is 0 Å². The molecule has 13 heavy (non-hydrogen) atoms. The molecule has 0 unspecified atom stereocenters. The summed E-state index contributed by atoms with van der Waals surface area (Å²) in [5.74, 6) is 0. The Bertz CT molecular complexity index is 416. The first-order chi connectivity index (χ1) is 6.40. The summed E-state index contributed by atoms with van der Waals surface area (Å²) in [4.78, 5) is 10.4. The number of allylic oxidation sites excluding steroid dienone is 8. The maximum absolute atomic E-state index is 10.4.